The number of hydrogen-bond acceptors (Lipinski definition) is 7. The maximum Gasteiger partial charge on any atom is 0.184 e. The van der Waals surface area contributed by atoms with E-state index in [4.69, 9.17) is 20.2 Å². The Balaban J connectivity index is 1.35. The van der Waals surface area contributed by atoms with E-state index in [0.29, 0.717) is 6.54 Å². The lowest BCUT2D eigenvalue weighted by Gasteiger charge is -2.36. The molecule has 0 saturated carbocycles. The molecule has 1 aromatic heterocycles. The van der Waals surface area contributed by atoms with Crippen molar-refractivity contribution in [1.82, 2.24) is 4.98 Å². The third kappa shape index (κ3) is 5.30. The number of thioether (sulfide) groups is 1. The van der Waals surface area contributed by atoms with Crippen LogP contribution in [0.1, 0.15) is 41.1 Å². The van der Waals surface area contributed by atoms with Crippen LogP contribution in [0.15, 0.2) is 77.1 Å². The van der Waals surface area contributed by atoms with Gasteiger partial charge in [0.1, 0.15) is 0 Å². The second-order valence-corrected chi connectivity index (χ2v) is 10.4. The predicted molar refractivity (Wildman–Crippen MR) is 133 cm³/mol. The summed E-state index contributed by atoms with van der Waals surface area (Å²) >= 11 is 3.45. The fraction of sp³-hybridized carbons (Fsp3) is 0.269. The number of nitrogens with zero attached hydrogens (tertiary/aromatic N) is 1. The Kier molecular flexibility index (Phi) is 7.06. The van der Waals surface area contributed by atoms with E-state index in [1.165, 1.54) is 4.70 Å². The van der Waals surface area contributed by atoms with Crippen molar-refractivity contribution in [2.24, 2.45) is 5.73 Å². The molecular formula is C26H26N2O3S2. The molecule has 5 nitrogen and oxygen atoms in total. The summed E-state index contributed by atoms with van der Waals surface area (Å²) in [4.78, 5) is 4.75. The second kappa shape index (κ2) is 10.3. The van der Waals surface area contributed by atoms with Crippen LogP contribution in [0.2, 0.25) is 0 Å². The van der Waals surface area contributed by atoms with E-state index < -0.39 is 6.29 Å². The molecule has 33 heavy (non-hydrogen) atoms. The molecule has 170 valence electrons. The van der Waals surface area contributed by atoms with E-state index in [1.54, 1.807) is 23.1 Å². The number of thiazole rings is 1. The number of aliphatic hydroxyl groups is 1. The summed E-state index contributed by atoms with van der Waals surface area (Å²) < 4.78 is 15.1. The first-order chi connectivity index (χ1) is 16.2. The zero-order valence-corrected chi connectivity index (χ0v) is 19.7. The molecule has 3 atom stereocenters. The molecule has 0 aliphatic carbocycles. The number of ether oxygens (including phenoxy) is 2. The van der Waals surface area contributed by atoms with Crippen LogP contribution in [0.4, 0.5) is 0 Å². The highest BCUT2D eigenvalue weighted by Crippen LogP contribution is 2.40. The number of fused-ring (bicyclic) bond motifs is 1. The number of rotatable bonds is 7. The molecular weight excluding hydrogens is 452 g/mol. The van der Waals surface area contributed by atoms with Crippen LogP contribution in [-0.2, 0) is 22.6 Å². The minimum atomic E-state index is -0.450. The Bertz CT molecular complexity index is 1110. The first-order valence-electron chi connectivity index (χ1n) is 11.0. The van der Waals surface area contributed by atoms with E-state index in [-0.39, 0.29) is 18.8 Å². The number of benzene rings is 3. The number of para-hydroxylation sites is 1. The Morgan fingerprint density at radius 2 is 1.67 bits per heavy atom. The van der Waals surface area contributed by atoms with E-state index in [2.05, 4.69) is 6.07 Å². The first kappa shape index (κ1) is 22.5. The van der Waals surface area contributed by atoms with Crippen LogP contribution in [-0.4, -0.2) is 21.9 Å². The molecule has 3 unspecified atom stereocenters. The average molecular weight is 479 g/mol. The maximum atomic E-state index is 9.38. The second-order valence-electron chi connectivity index (χ2n) is 8.05. The van der Waals surface area contributed by atoms with Crippen molar-refractivity contribution >= 4 is 33.3 Å². The fourth-order valence-electron chi connectivity index (χ4n) is 3.91. The quantitative estimate of drug-likeness (QED) is 0.338. The van der Waals surface area contributed by atoms with Crippen LogP contribution in [0.5, 0.6) is 0 Å². The van der Waals surface area contributed by atoms with Gasteiger partial charge in [-0.2, -0.15) is 0 Å². The van der Waals surface area contributed by atoms with Crippen LogP contribution in [0, 0.1) is 0 Å². The molecule has 1 aliphatic rings. The van der Waals surface area contributed by atoms with Gasteiger partial charge in [0.25, 0.3) is 0 Å². The van der Waals surface area contributed by atoms with Gasteiger partial charge in [0.2, 0.25) is 0 Å². The molecule has 1 fully saturated rings. The number of aromatic nitrogens is 1. The van der Waals surface area contributed by atoms with Gasteiger partial charge in [-0.05, 0) is 28.8 Å². The van der Waals surface area contributed by atoms with Gasteiger partial charge in [-0.25, -0.2) is 4.98 Å². The van der Waals surface area contributed by atoms with Crippen LogP contribution < -0.4 is 5.73 Å². The summed E-state index contributed by atoms with van der Waals surface area (Å²) in [6.07, 6.45) is 0.228. The Labute approximate surface area is 201 Å². The van der Waals surface area contributed by atoms with Crippen molar-refractivity contribution in [3.63, 3.8) is 0 Å². The SMILES string of the molecule is NCc1ccc(C2OC(CSc3nc4ccccc4s3)CC(c3ccc(CO)cc3)O2)cc1. The topological polar surface area (TPSA) is 77.6 Å². The van der Waals surface area contributed by atoms with Crippen LogP contribution in [0.3, 0.4) is 0 Å². The van der Waals surface area contributed by atoms with Gasteiger partial charge in [-0.3, -0.25) is 0 Å². The molecule has 1 aliphatic heterocycles. The molecule has 1 saturated heterocycles. The molecule has 4 aromatic rings. The first-order valence-corrected chi connectivity index (χ1v) is 12.8. The summed E-state index contributed by atoms with van der Waals surface area (Å²) in [6, 6.07) is 24.3. The Morgan fingerprint density at radius 1 is 0.939 bits per heavy atom. The highest BCUT2D eigenvalue weighted by molar-refractivity contribution is 8.01. The predicted octanol–water partition coefficient (Wildman–Crippen LogP) is 5.59. The van der Waals surface area contributed by atoms with E-state index in [9.17, 15) is 5.11 Å². The van der Waals surface area contributed by atoms with Gasteiger partial charge in [0, 0.05) is 24.3 Å². The third-order valence-corrected chi connectivity index (χ3v) is 8.08. The van der Waals surface area contributed by atoms with Crippen molar-refractivity contribution < 1.29 is 14.6 Å². The molecule has 0 spiro atoms. The van der Waals surface area contributed by atoms with E-state index >= 15 is 0 Å². The van der Waals surface area contributed by atoms with Crippen molar-refractivity contribution in [3.05, 3.63) is 95.1 Å². The van der Waals surface area contributed by atoms with Gasteiger partial charge >= 0.3 is 0 Å². The lowest BCUT2D eigenvalue weighted by molar-refractivity contribution is -0.245. The highest BCUT2D eigenvalue weighted by atomic mass is 32.2. The van der Waals surface area contributed by atoms with E-state index in [1.807, 2.05) is 66.7 Å². The standard InChI is InChI=1S/C26H26N2O3S2/c27-14-17-5-11-20(12-6-17)25-30-21(13-23(31-25)19-9-7-18(15-29)8-10-19)16-32-26-28-22-3-1-2-4-24(22)33-26/h1-12,21,23,25,29H,13-16,27H2. The smallest absolute Gasteiger partial charge is 0.184 e. The molecule has 7 heteroatoms. The van der Waals surface area contributed by atoms with Crippen LogP contribution in [0.25, 0.3) is 10.2 Å². The lowest BCUT2D eigenvalue weighted by atomic mass is 10.0. The molecule has 3 aromatic carbocycles. The number of nitrogens with two attached hydrogens (primary N) is 1. The van der Waals surface area contributed by atoms with Crippen molar-refractivity contribution in [2.45, 2.75) is 42.4 Å². The number of aliphatic hydroxyl groups excluding tert-OH is 1. The van der Waals surface area contributed by atoms with Crippen molar-refractivity contribution in [3.8, 4) is 0 Å². The summed E-state index contributed by atoms with van der Waals surface area (Å²) in [6.45, 7) is 0.542. The fourth-order valence-corrected chi connectivity index (χ4v) is 6.02. The van der Waals surface area contributed by atoms with Crippen LogP contribution >= 0.6 is 23.1 Å². The molecule has 5 rings (SSSR count). The lowest BCUT2D eigenvalue weighted by Crippen LogP contribution is -2.31. The minimum absolute atomic E-state index is 0.0115. The average Bonchev–Trinajstić information content (AvgIpc) is 3.30. The highest BCUT2D eigenvalue weighted by Gasteiger charge is 2.32. The molecule has 3 N–H and O–H groups in total. The monoisotopic (exact) mass is 478 g/mol. The maximum absolute atomic E-state index is 9.38. The summed E-state index contributed by atoms with van der Waals surface area (Å²) in [5.74, 6) is 0.797. The molecule has 0 radical (unpaired) electrons. The van der Waals surface area contributed by atoms with Gasteiger partial charge in [-0.15, -0.1) is 11.3 Å². The van der Waals surface area contributed by atoms with E-state index in [0.717, 1.165) is 44.3 Å². The van der Waals surface area contributed by atoms with Gasteiger partial charge in [0.15, 0.2) is 10.6 Å². The molecule has 0 bridgehead atoms. The summed E-state index contributed by atoms with van der Waals surface area (Å²) in [5.41, 5.74) is 10.8. The summed E-state index contributed by atoms with van der Waals surface area (Å²) in [7, 11) is 0. The van der Waals surface area contributed by atoms with Gasteiger partial charge in [-0.1, -0.05) is 72.4 Å². The summed E-state index contributed by atoms with van der Waals surface area (Å²) in [5, 5.41) is 9.38. The minimum Gasteiger partial charge on any atom is -0.392 e. The molecule has 2 heterocycles. The molecule has 0 amide bonds. The Hall–Kier alpha value is -2.26. The van der Waals surface area contributed by atoms with Gasteiger partial charge < -0.3 is 20.3 Å². The Morgan fingerprint density at radius 3 is 2.39 bits per heavy atom. The van der Waals surface area contributed by atoms with Crippen molar-refractivity contribution in [1.29, 1.82) is 0 Å². The van der Waals surface area contributed by atoms with Gasteiger partial charge in [0.05, 0.1) is 29.0 Å². The number of hydrogen-bond donors (Lipinski definition) is 2. The zero-order chi connectivity index (χ0) is 22.6. The largest absolute Gasteiger partial charge is 0.392 e. The normalized spacial score (nSPS) is 20.8. The zero-order valence-electron chi connectivity index (χ0n) is 18.1. The third-order valence-electron chi connectivity index (χ3n) is 5.77. The van der Waals surface area contributed by atoms with Crippen molar-refractivity contribution in [2.75, 3.05) is 5.75 Å².